The Morgan fingerprint density at radius 2 is 1.81 bits per heavy atom. The van der Waals surface area contributed by atoms with Gasteiger partial charge in [-0.05, 0) is 6.92 Å². The van der Waals surface area contributed by atoms with Crippen LogP contribution in [-0.2, 0) is 23.9 Å². The zero-order valence-electron chi connectivity index (χ0n) is 11.3. The fraction of sp³-hybridized carbons (Fsp3) is 0.727. The van der Waals surface area contributed by atoms with Gasteiger partial charge in [0.25, 0.3) is 0 Å². The molecule has 0 aromatic carbocycles. The minimum absolute atomic E-state index is 0.0719. The number of aldehydes is 1. The molecule has 1 unspecified atom stereocenters. The normalized spacial score (nSPS) is 18.0. The van der Waals surface area contributed by atoms with E-state index >= 15 is 0 Å². The highest BCUT2D eigenvalue weighted by atomic mass is 16.6. The van der Waals surface area contributed by atoms with E-state index in [1.807, 2.05) is 0 Å². The first-order valence-corrected chi connectivity index (χ1v) is 5.98. The average Bonchev–Trinajstić information content (AvgIpc) is 2.48. The lowest BCUT2D eigenvalue weighted by Gasteiger charge is -2.29. The smallest absolute Gasteiger partial charge is 0.337 e. The zero-order chi connectivity index (χ0) is 16.6. The van der Waals surface area contributed by atoms with E-state index in [2.05, 4.69) is 9.47 Å². The number of aliphatic hydroxyl groups is 4. The van der Waals surface area contributed by atoms with Crippen LogP contribution in [0, 0.1) is 0 Å². The molecule has 0 aliphatic rings. The summed E-state index contributed by atoms with van der Waals surface area (Å²) in [4.78, 5) is 33.4. The van der Waals surface area contributed by atoms with Crippen LogP contribution < -0.4 is 5.73 Å². The van der Waals surface area contributed by atoms with Gasteiger partial charge in [0, 0.05) is 0 Å². The average molecular weight is 309 g/mol. The van der Waals surface area contributed by atoms with Gasteiger partial charge in [-0.2, -0.15) is 0 Å². The molecule has 0 rings (SSSR count). The number of rotatable bonds is 9. The first kappa shape index (κ1) is 19.4. The fourth-order valence-electron chi connectivity index (χ4n) is 1.26. The first-order valence-electron chi connectivity index (χ1n) is 5.98. The quantitative estimate of drug-likeness (QED) is 0.209. The molecule has 0 radical (unpaired) electrons. The lowest BCUT2D eigenvalue weighted by Crippen LogP contribution is -2.50. The molecule has 0 fully saturated rings. The number of carbonyl (C=O) groups is 3. The summed E-state index contributed by atoms with van der Waals surface area (Å²) in [6.07, 6.45) is -8.56. The summed E-state index contributed by atoms with van der Waals surface area (Å²) in [6, 6.07) is 0. The Morgan fingerprint density at radius 1 is 1.24 bits per heavy atom. The third kappa shape index (κ3) is 6.14. The van der Waals surface area contributed by atoms with E-state index in [9.17, 15) is 24.6 Å². The van der Waals surface area contributed by atoms with Crippen LogP contribution in [0.5, 0.6) is 0 Å². The summed E-state index contributed by atoms with van der Waals surface area (Å²) in [6.45, 7) is -0.375. The van der Waals surface area contributed by atoms with E-state index in [0.717, 1.165) is 6.92 Å². The van der Waals surface area contributed by atoms with Crippen LogP contribution in [0.3, 0.4) is 0 Å². The number of carbonyl (C=O) groups excluding carboxylic acids is 3. The van der Waals surface area contributed by atoms with Crippen LogP contribution in [0.1, 0.15) is 6.92 Å². The summed E-state index contributed by atoms with van der Waals surface area (Å²) in [5.41, 5.74) is 5.00. The standard InChI is InChI=1S/C11H19NO9/c1-5(15)9(18)10(21-11(19)6(16)3-13)7(4-14)20-8(17)2-12/h4-7,9-10,13,15-16,18H,2-3,12H2,1H3/t5-,6?,7-,9-,10-/m1/s1. The van der Waals surface area contributed by atoms with Crippen molar-refractivity contribution in [3.05, 3.63) is 0 Å². The Hall–Kier alpha value is -1.59. The van der Waals surface area contributed by atoms with Gasteiger partial charge in [-0.1, -0.05) is 0 Å². The number of hydrogen-bond acceptors (Lipinski definition) is 10. The molecule has 122 valence electrons. The highest BCUT2D eigenvalue weighted by Crippen LogP contribution is 2.13. The first-order chi connectivity index (χ1) is 9.78. The van der Waals surface area contributed by atoms with Gasteiger partial charge in [-0.25, -0.2) is 4.79 Å². The highest BCUT2D eigenvalue weighted by Gasteiger charge is 2.38. The van der Waals surface area contributed by atoms with Crippen LogP contribution in [0.25, 0.3) is 0 Å². The predicted octanol–water partition coefficient (Wildman–Crippen LogP) is -3.94. The molecule has 0 aromatic heterocycles. The molecule has 6 N–H and O–H groups in total. The van der Waals surface area contributed by atoms with Crippen molar-refractivity contribution in [2.24, 2.45) is 5.73 Å². The fourth-order valence-corrected chi connectivity index (χ4v) is 1.26. The van der Waals surface area contributed by atoms with Crippen molar-refractivity contribution in [3.63, 3.8) is 0 Å². The summed E-state index contributed by atoms with van der Waals surface area (Å²) < 4.78 is 9.19. The van der Waals surface area contributed by atoms with Gasteiger partial charge in [0.15, 0.2) is 24.6 Å². The molecule has 21 heavy (non-hydrogen) atoms. The van der Waals surface area contributed by atoms with Crippen LogP contribution in [0.2, 0.25) is 0 Å². The molecule has 10 nitrogen and oxygen atoms in total. The van der Waals surface area contributed by atoms with Crippen molar-refractivity contribution < 1.29 is 44.3 Å². The van der Waals surface area contributed by atoms with Crippen LogP contribution >= 0.6 is 0 Å². The second-order valence-electron chi connectivity index (χ2n) is 4.13. The number of esters is 2. The van der Waals surface area contributed by atoms with E-state index in [-0.39, 0.29) is 6.29 Å². The number of hydrogen-bond donors (Lipinski definition) is 5. The van der Waals surface area contributed by atoms with Crippen molar-refractivity contribution in [2.45, 2.75) is 37.4 Å². The van der Waals surface area contributed by atoms with Crippen molar-refractivity contribution in [2.75, 3.05) is 13.2 Å². The summed E-state index contributed by atoms with van der Waals surface area (Å²) in [7, 11) is 0. The van der Waals surface area contributed by atoms with Crippen LogP contribution in [0.4, 0.5) is 0 Å². The maximum absolute atomic E-state index is 11.4. The highest BCUT2D eigenvalue weighted by molar-refractivity contribution is 5.76. The summed E-state index contributed by atoms with van der Waals surface area (Å²) in [5, 5.41) is 36.7. The Morgan fingerprint density at radius 3 is 2.19 bits per heavy atom. The zero-order valence-corrected chi connectivity index (χ0v) is 11.3. The molecule has 0 saturated carbocycles. The lowest BCUT2D eigenvalue weighted by atomic mass is 10.0. The maximum Gasteiger partial charge on any atom is 0.337 e. The van der Waals surface area contributed by atoms with E-state index in [4.69, 9.17) is 15.9 Å². The molecule has 0 saturated heterocycles. The molecule has 0 aliphatic carbocycles. The maximum atomic E-state index is 11.4. The van der Waals surface area contributed by atoms with Gasteiger partial charge in [0.05, 0.1) is 19.3 Å². The second-order valence-corrected chi connectivity index (χ2v) is 4.13. The Kier molecular flexibility index (Phi) is 8.66. The van der Waals surface area contributed by atoms with Gasteiger partial charge in [0.1, 0.15) is 6.10 Å². The monoisotopic (exact) mass is 309 g/mol. The molecule has 0 aliphatic heterocycles. The molecule has 0 heterocycles. The molecule has 0 aromatic rings. The van der Waals surface area contributed by atoms with Gasteiger partial charge in [0.2, 0.25) is 0 Å². The third-order valence-corrected chi connectivity index (χ3v) is 2.42. The number of ether oxygens (including phenoxy) is 2. The minimum Gasteiger partial charge on any atom is -0.453 e. The Labute approximate surface area is 120 Å². The predicted molar refractivity (Wildman–Crippen MR) is 65.7 cm³/mol. The van der Waals surface area contributed by atoms with Crippen molar-refractivity contribution in [1.29, 1.82) is 0 Å². The molecular weight excluding hydrogens is 290 g/mol. The van der Waals surface area contributed by atoms with E-state index in [0.29, 0.717) is 0 Å². The van der Waals surface area contributed by atoms with Crippen LogP contribution in [-0.4, -0.2) is 82.3 Å². The second kappa shape index (κ2) is 9.37. The van der Waals surface area contributed by atoms with E-state index < -0.39 is 55.6 Å². The lowest BCUT2D eigenvalue weighted by molar-refractivity contribution is -0.188. The van der Waals surface area contributed by atoms with Crippen molar-refractivity contribution in [1.82, 2.24) is 0 Å². The molecular formula is C11H19NO9. The topological polar surface area (TPSA) is 177 Å². The Bertz CT molecular complexity index is 360. The third-order valence-electron chi connectivity index (χ3n) is 2.42. The van der Waals surface area contributed by atoms with Gasteiger partial charge in [-0.15, -0.1) is 0 Å². The molecule has 0 bridgehead atoms. The Balaban J connectivity index is 5.14. The minimum atomic E-state index is -1.91. The largest absolute Gasteiger partial charge is 0.453 e. The SMILES string of the molecule is C[C@@H](O)[C@@H](O)[C@H](OC(=O)C(O)CO)[C@@H](C=O)OC(=O)CN. The molecule has 5 atom stereocenters. The van der Waals surface area contributed by atoms with Gasteiger partial charge in [-0.3, -0.25) is 9.59 Å². The summed E-state index contributed by atoms with van der Waals surface area (Å²) in [5.74, 6) is -2.37. The molecule has 0 spiro atoms. The van der Waals surface area contributed by atoms with E-state index in [1.54, 1.807) is 0 Å². The number of aliphatic hydroxyl groups excluding tert-OH is 4. The van der Waals surface area contributed by atoms with Crippen molar-refractivity contribution in [3.8, 4) is 0 Å². The van der Waals surface area contributed by atoms with Gasteiger partial charge >= 0.3 is 11.9 Å². The molecule has 0 amide bonds. The molecule has 10 heteroatoms. The van der Waals surface area contributed by atoms with E-state index in [1.165, 1.54) is 0 Å². The number of nitrogens with two attached hydrogens (primary N) is 1. The van der Waals surface area contributed by atoms with Gasteiger partial charge < -0.3 is 35.6 Å². The summed E-state index contributed by atoms with van der Waals surface area (Å²) >= 11 is 0. The van der Waals surface area contributed by atoms with Crippen LogP contribution in [0.15, 0.2) is 0 Å². The van der Waals surface area contributed by atoms with Crippen molar-refractivity contribution >= 4 is 18.2 Å².